The Labute approximate surface area is 102 Å². The van der Waals surface area contributed by atoms with E-state index in [4.69, 9.17) is 0 Å². The molecule has 0 radical (unpaired) electrons. The van der Waals surface area contributed by atoms with Gasteiger partial charge in [0.25, 0.3) is 0 Å². The van der Waals surface area contributed by atoms with Crippen molar-refractivity contribution in [3.05, 3.63) is 24.3 Å². The molecule has 0 aromatic heterocycles. The quantitative estimate of drug-likeness (QED) is 0.579. The second kappa shape index (κ2) is 4.77. The van der Waals surface area contributed by atoms with Crippen molar-refractivity contribution in [3.63, 3.8) is 0 Å². The van der Waals surface area contributed by atoms with Gasteiger partial charge in [0, 0.05) is 0 Å². The summed E-state index contributed by atoms with van der Waals surface area (Å²) in [6, 6.07) is 0. The molecule has 0 aromatic carbocycles. The van der Waals surface area contributed by atoms with E-state index in [0.29, 0.717) is 23.7 Å². The van der Waals surface area contributed by atoms with E-state index >= 15 is 0 Å². The fraction of sp³-hybridized carbons (Fsp3) is 0.750. The zero-order valence-corrected chi connectivity index (χ0v) is 11.9. The molecule has 0 spiro atoms. The molecule has 0 amide bonds. The Morgan fingerprint density at radius 1 is 0.938 bits per heavy atom. The smallest absolute Gasteiger partial charge is 0.00211 e. The average Bonchev–Trinajstić information content (AvgIpc) is 2.23. The minimum Gasteiger partial charge on any atom is -0.0990 e. The highest BCUT2D eigenvalue weighted by Crippen LogP contribution is 2.47. The van der Waals surface area contributed by atoms with Gasteiger partial charge in [0.1, 0.15) is 0 Å². The summed E-state index contributed by atoms with van der Waals surface area (Å²) in [6.07, 6.45) is 0. The fourth-order valence-electron chi connectivity index (χ4n) is 3.14. The van der Waals surface area contributed by atoms with E-state index in [1.807, 2.05) is 0 Å². The van der Waals surface area contributed by atoms with Crippen molar-refractivity contribution >= 4 is 0 Å². The SMILES string of the molecule is C=C1C(C)C(=C)C(C(C)C(C)C)C(C)C1C. The van der Waals surface area contributed by atoms with Crippen LogP contribution >= 0.6 is 0 Å². The fourth-order valence-corrected chi connectivity index (χ4v) is 3.14. The molecule has 5 unspecified atom stereocenters. The first-order chi connectivity index (χ1) is 7.29. The van der Waals surface area contributed by atoms with Crippen LogP contribution in [0.15, 0.2) is 24.3 Å². The van der Waals surface area contributed by atoms with Crippen LogP contribution in [0.4, 0.5) is 0 Å². The molecule has 0 saturated heterocycles. The first-order valence-electron chi connectivity index (χ1n) is 6.66. The highest BCUT2D eigenvalue weighted by molar-refractivity contribution is 5.26. The predicted molar refractivity (Wildman–Crippen MR) is 73.3 cm³/mol. The number of hydrogen-bond donors (Lipinski definition) is 0. The van der Waals surface area contributed by atoms with Crippen molar-refractivity contribution in [1.29, 1.82) is 0 Å². The highest BCUT2D eigenvalue weighted by atomic mass is 14.4. The van der Waals surface area contributed by atoms with Crippen LogP contribution in [0.5, 0.6) is 0 Å². The van der Waals surface area contributed by atoms with Crippen LogP contribution in [0.3, 0.4) is 0 Å². The van der Waals surface area contributed by atoms with Gasteiger partial charge in [-0.1, -0.05) is 65.8 Å². The molecule has 1 aliphatic rings. The maximum atomic E-state index is 4.35. The number of allylic oxidation sites excluding steroid dienone is 2. The van der Waals surface area contributed by atoms with Crippen LogP contribution in [0.1, 0.15) is 41.5 Å². The van der Waals surface area contributed by atoms with Crippen LogP contribution in [0.25, 0.3) is 0 Å². The summed E-state index contributed by atoms with van der Waals surface area (Å²) in [6.45, 7) is 22.6. The molecule has 0 nitrogen and oxygen atoms in total. The van der Waals surface area contributed by atoms with E-state index in [1.165, 1.54) is 11.1 Å². The van der Waals surface area contributed by atoms with Crippen LogP contribution in [-0.4, -0.2) is 0 Å². The Morgan fingerprint density at radius 3 is 1.88 bits per heavy atom. The molecular weight excluding hydrogens is 192 g/mol. The lowest BCUT2D eigenvalue weighted by atomic mass is 9.60. The van der Waals surface area contributed by atoms with Gasteiger partial charge in [-0.05, 0) is 35.5 Å². The van der Waals surface area contributed by atoms with Gasteiger partial charge in [0.05, 0.1) is 0 Å². The predicted octanol–water partition coefficient (Wildman–Crippen LogP) is 4.93. The number of rotatable bonds is 2. The molecule has 1 rings (SSSR count). The topological polar surface area (TPSA) is 0 Å². The minimum atomic E-state index is 0.498. The summed E-state index contributed by atoms with van der Waals surface area (Å²) in [4.78, 5) is 0. The van der Waals surface area contributed by atoms with Gasteiger partial charge >= 0.3 is 0 Å². The van der Waals surface area contributed by atoms with Gasteiger partial charge in [-0.3, -0.25) is 0 Å². The molecule has 0 heterocycles. The molecule has 5 atom stereocenters. The first-order valence-corrected chi connectivity index (χ1v) is 6.66. The molecule has 16 heavy (non-hydrogen) atoms. The third-order valence-electron chi connectivity index (χ3n) is 5.10. The normalized spacial score (nSPS) is 37.9. The summed E-state index contributed by atoms with van der Waals surface area (Å²) >= 11 is 0. The Hall–Kier alpha value is -0.520. The molecule has 0 aliphatic heterocycles. The van der Waals surface area contributed by atoms with Crippen LogP contribution in [-0.2, 0) is 0 Å². The summed E-state index contributed by atoms with van der Waals surface area (Å²) in [5.41, 5.74) is 2.79. The molecule has 0 bridgehead atoms. The standard InChI is InChI=1S/C16H28/c1-9(2)10(3)16-14(7)12(5)11(4)13(6)15(16)8/h9-10,12-13,15-16H,4,7H2,1-3,5-6,8H3. The van der Waals surface area contributed by atoms with Gasteiger partial charge in [-0.25, -0.2) is 0 Å². The van der Waals surface area contributed by atoms with Crippen molar-refractivity contribution < 1.29 is 0 Å². The highest BCUT2D eigenvalue weighted by Gasteiger charge is 2.39. The Morgan fingerprint density at radius 2 is 1.44 bits per heavy atom. The molecule has 0 heteroatoms. The van der Waals surface area contributed by atoms with Gasteiger partial charge in [0.15, 0.2) is 0 Å². The van der Waals surface area contributed by atoms with E-state index in [-0.39, 0.29) is 0 Å². The molecule has 1 aliphatic carbocycles. The van der Waals surface area contributed by atoms with E-state index in [0.717, 1.165) is 11.8 Å². The second-order valence-corrected chi connectivity index (χ2v) is 6.15. The molecular formula is C16H28. The first kappa shape index (κ1) is 13.5. The van der Waals surface area contributed by atoms with E-state index < -0.39 is 0 Å². The van der Waals surface area contributed by atoms with Gasteiger partial charge in [0.2, 0.25) is 0 Å². The summed E-state index contributed by atoms with van der Waals surface area (Å²) in [7, 11) is 0. The van der Waals surface area contributed by atoms with Gasteiger partial charge in [-0.15, -0.1) is 0 Å². The summed E-state index contributed by atoms with van der Waals surface area (Å²) in [5, 5.41) is 0. The van der Waals surface area contributed by atoms with Crippen LogP contribution < -0.4 is 0 Å². The Balaban J connectivity index is 3.00. The third kappa shape index (κ3) is 2.12. The molecule has 1 saturated carbocycles. The number of hydrogen-bond acceptors (Lipinski definition) is 0. The summed E-state index contributed by atoms with van der Waals surface area (Å²) < 4.78 is 0. The van der Waals surface area contributed by atoms with Crippen LogP contribution in [0, 0.1) is 35.5 Å². The Kier molecular flexibility index (Phi) is 4.04. The zero-order valence-electron chi connectivity index (χ0n) is 11.9. The minimum absolute atomic E-state index is 0.498. The Bertz CT molecular complexity index is 284. The lowest BCUT2D eigenvalue weighted by Crippen LogP contribution is -2.37. The van der Waals surface area contributed by atoms with E-state index in [2.05, 4.69) is 54.7 Å². The van der Waals surface area contributed by atoms with Gasteiger partial charge < -0.3 is 0 Å². The lowest BCUT2D eigenvalue weighted by Gasteiger charge is -2.45. The average molecular weight is 220 g/mol. The van der Waals surface area contributed by atoms with Crippen molar-refractivity contribution in [3.8, 4) is 0 Å². The van der Waals surface area contributed by atoms with Crippen molar-refractivity contribution in [2.45, 2.75) is 41.5 Å². The molecule has 1 fully saturated rings. The van der Waals surface area contributed by atoms with Crippen molar-refractivity contribution in [1.82, 2.24) is 0 Å². The van der Waals surface area contributed by atoms with E-state index in [1.54, 1.807) is 0 Å². The summed E-state index contributed by atoms with van der Waals surface area (Å²) in [5.74, 6) is 3.93. The largest absolute Gasteiger partial charge is 0.0990 e. The van der Waals surface area contributed by atoms with Crippen molar-refractivity contribution in [2.75, 3.05) is 0 Å². The molecule has 0 N–H and O–H groups in total. The molecule has 0 aromatic rings. The maximum Gasteiger partial charge on any atom is -0.00211 e. The second-order valence-electron chi connectivity index (χ2n) is 6.15. The van der Waals surface area contributed by atoms with Crippen molar-refractivity contribution in [2.24, 2.45) is 35.5 Å². The van der Waals surface area contributed by atoms with E-state index in [9.17, 15) is 0 Å². The monoisotopic (exact) mass is 220 g/mol. The lowest BCUT2D eigenvalue weighted by molar-refractivity contribution is 0.170. The molecule has 92 valence electrons. The zero-order chi connectivity index (χ0) is 12.6. The maximum absolute atomic E-state index is 4.35. The van der Waals surface area contributed by atoms with Crippen LogP contribution in [0.2, 0.25) is 0 Å². The third-order valence-corrected chi connectivity index (χ3v) is 5.10. The van der Waals surface area contributed by atoms with Gasteiger partial charge in [-0.2, -0.15) is 0 Å².